The molecule has 2 fully saturated rings. The fourth-order valence-electron chi connectivity index (χ4n) is 3.21. The van der Waals surface area contributed by atoms with Crippen molar-refractivity contribution in [1.29, 1.82) is 0 Å². The molecule has 1 saturated heterocycles. The maximum Gasteiger partial charge on any atom is 0.271 e. The van der Waals surface area contributed by atoms with Crippen LogP contribution in [0.1, 0.15) is 19.3 Å². The van der Waals surface area contributed by atoms with Gasteiger partial charge in [-0.2, -0.15) is 0 Å². The van der Waals surface area contributed by atoms with Crippen LogP contribution in [0.2, 0.25) is 0 Å². The molecule has 1 N–H and O–H groups in total. The smallest absolute Gasteiger partial charge is 0.271 e. The number of nitrogens with zero attached hydrogens (tertiary/aromatic N) is 3. The molecule has 31 heavy (non-hydrogen) atoms. The number of benzene rings is 2. The fraction of sp³-hybridized carbons (Fsp3) is 0.286. The van der Waals surface area contributed by atoms with Crippen LogP contribution < -0.4 is 10.1 Å². The molecule has 1 aliphatic heterocycles. The number of hydrogen-bond donors (Lipinski definition) is 1. The Balaban J connectivity index is 1.46. The molecule has 9 nitrogen and oxygen atoms in total. The van der Waals surface area contributed by atoms with E-state index >= 15 is 0 Å². The van der Waals surface area contributed by atoms with Crippen molar-refractivity contribution in [3.05, 3.63) is 58.6 Å². The van der Waals surface area contributed by atoms with Crippen molar-refractivity contribution < 1.29 is 19.2 Å². The van der Waals surface area contributed by atoms with E-state index in [2.05, 4.69) is 10.3 Å². The number of aliphatic imine (C=N–C) groups is 1. The highest BCUT2D eigenvalue weighted by Gasteiger charge is 2.46. The monoisotopic (exact) mass is 440 g/mol. The van der Waals surface area contributed by atoms with Crippen LogP contribution in [0, 0.1) is 10.1 Å². The molecule has 1 atom stereocenters. The van der Waals surface area contributed by atoms with Gasteiger partial charge in [-0.3, -0.25) is 24.6 Å². The van der Waals surface area contributed by atoms with Crippen LogP contribution in [0.25, 0.3) is 0 Å². The topological polar surface area (TPSA) is 114 Å². The van der Waals surface area contributed by atoms with Crippen molar-refractivity contribution in [2.24, 2.45) is 4.99 Å². The van der Waals surface area contributed by atoms with E-state index in [0.29, 0.717) is 22.3 Å². The minimum Gasteiger partial charge on any atom is -0.497 e. The third-order valence-corrected chi connectivity index (χ3v) is 6.04. The van der Waals surface area contributed by atoms with Gasteiger partial charge in [0, 0.05) is 30.3 Å². The standard InChI is InChI=1S/C21H20N4O5S/c1-30-17-9-5-13(6-10-17)23-21-24(15-7-8-15)20(27)18(31-21)12-19(26)22-14-3-2-4-16(11-14)25(28)29/h2-6,9-11,15,18H,7-8,12H2,1H3,(H,22,26). The first-order valence-corrected chi connectivity index (χ1v) is 10.6. The molecule has 2 amide bonds. The predicted octanol–water partition coefficient (Wildman–Crippen LogP) is 3.73. The van der Waals surface area contributed by atoms with E-state index < -0.39 is 10.2 Å². The summed E-state index contributed by atoms with van der Waals surface area (Å²) in [6, 6.07) is 13.0. The largest absolute Gasteiger partial charge is 0.497 e. The van der Waals surface area contributed by atoms with Gasteiger partial charge >= 0.3 is 0 Å². The summed E-state index contributed by atoms with van der Waals surface area (Å²) >= 11 is 1.27. The second-order valence-corrected chi connectivity index (χ2v) is 8.37. The molecule has 10 heteroatoms. The number of amidine groups is 1. The van der Waals surface area contributed by atoms with Crippen molar-refractivity contribution >= 4 is 45.8 Å². The average Bonchev–Trinajstić information content (AvgIpc) is 3.54. The number of amides is 2. The molecule has 2 aliphatic rings. The number of nitrogens with one attached hydrogen (secondary N) is 1. The maximum absolute atomic E-state index is 13.0. The number of thioether (sulfide) groups is 1. The quantitative estimate of drug-likeness (QED) is 0.518. The third-order valence-electron chi connectivity index (χ3n) is 4.89. The fourth-order valence-corrected chi connectivity index (χ4v) is 4.42. The second kappa shape index (κ2) is 8.76. The first-order valence-electron chi connectivity index (χ1n) is 9.71. The molecule has 1 heterocycles. The zero-order valence-corrected chi connectivity index (χ0v) is 17.5. The van der Waals surface area contributed by atoms with Gasteiger partial charge in [0.05, 0.1) is 17.7 Å². The molecule has 160 valence electrons. The van der Waals surface area contributed by atoms with E-state index in [1.165, 1.54) is 30.0 Å². The molecule has 0 radical (unpaired) electrons. The summed E-state index contributed by atoms with van der Waals surface area (Å²) in [7, 11) is 1.59. The van der Waals surface area contributed by atoms with E-state index in [1.807, 2.05) is 12.1 Å². The number of hydrogen-bond acceptors (Lipinski definition) is 7. The van der Waals surface area contributed by atoms with Crippen LogP contribution in [-0.2, 0) is 9.59 Å². The Morgan fingerprint density at radius 3 is 2.68 bits per heavy atom. The number of rotatable bonds is 7. The highest BCUT2D eigenvalue weighted by molar-refractivity contribution is 8.15. The van der Waals surface area contributed by atoms with E-state index in [4.69, 9.17) is 4.74 Å². The Bertz CT molecular complexity index is 1050. The van der Waals surface area contributed by atoms with Crippen LogP contribution in [-0.4, -0.2) is 45.2 Å². The lowest BCUT2D eigenvalue weighted by molar-refractivity contribution is -0.384. The van der Waals surface area contributed by atoms with Crippen LogP contribution in [0.5, 0.6) is 5.75 Å². The first kappa shape index (κ1) is 20.9. The summed E-state index contributed by atoms with van der Waals surface area (Å²) in [5.41, 5.74) is 0.905. The molecular weight excluding hydrogens is 420 g/mol. The zero-order valence-electron chi connectivity index (χ0n) is 16.7. The molecule has 2 aromatic rings. The van der Waals surface area contributed by atoms with Crippen LogP contribution in [0.4, 0.5) is 17.1 Å². The Hall–Kier alpha value is -3.40. The summed E-state index contributed by atoms with van der Waals surface area (Å²) in [6.07, 6.45) is 1.79. The van der Waals surface area contributed by atoms with E-state index in [-0.39, 0.29) is 30.0 Å². The van der Waals surface area contributed by atoms with Crippen molar-refractivity contribution in [2.75, 3.05) is 12.4 Å². The number of non-ortho nitro benzene ring substituents is 1. The van der Waals surface area contributed by atoms with Gasteiger partial charge in [-0.25, -0.2) is 4.99 Å². The van der Waals surface area contributed by atoms with Gasteiger partial charge in [0.25, 0.3) is 5.69 Å². The van der Waals surface area contributed by atoms with Gasteiger partial charge < -0.3 is 10.1 Å². The number of methoxy groups -OCH3 is 1. The second-order valence-electron chi connectivity index (χ2n) is 7.20. The molecule has 0 bridgehead atoms. The van der Waals surface area contributed by atoms with Crippen molar-refractivity contribution in [3.63, 3.8) is 0 Å². The molecule has 1 saturated carbocycles. The Labute approximate surface area is 182 Å². The third kappa shape index (κ3) is 4.85. The van der Waals surface area contributed by atoms with Crippen molar-refractivity contribution in [3.8, 4) is 5.75 Å². The van der Waals surface area contributed by atoms with E-state index in [1.54, 1.807) is 30.2 Å². The van der Waals surface area contributed by atoms with Crippen LogP contribution in [0.3, 0.4) is 0 Å². The number of carbonyl (C=O) groups excluding carboxylic acids is 2. The molecule has 1 unspecified atom stereocenters. The normalized spacial score (nSPS) is 19.5. The average molecular weight is 440 g/mol. The lowest BCUT2D eigenvalue weighted by Gasteiger charge is -2.15. The van der Waals surface area contributed by atoms with Gasteiger partial charge in [0.2, 0.25) is 11.8 Å². The van der Waals surface area contributed by atoms with Gasteiger partial charge in [-0.15, -0.1) is 0 Å². The molecule has 0 spiro atoms. The van der Waals surface area contributed by atoms with Crippen molar-refractivity contribution in [1.82, 2.24) is 4.90 Å². The van der Waals surface area contributed by atoms with Gasteiger partial charge in [0.1, 0.15) is 11.0 Å². The summed E-state index contributed by atoms with van der Waals surface area (Å²) in [5.74, 6) is 0.204. The number of nitro benzene ring substituents is 1. The summed E-state index contributed by atoms with van der Waals surface area (Å²) in [4.78, 5) is 42.2. The molecule has 0 aromatic heterocycles. The summed E-state index contributed by atoms with van der Waals surface area (Å²) < 4.78 is 5.16. The highest BCUT2D eigenvalue weighted by Crippen LogP contribution is 2.39. The zero-order chi connectivity index (χ0) is 22.0. The SMILES string of the molecule is COc1ccc(N=C2SC(CC(=O)Nc3cccc([N+](=O)[O-])c3)C(=O)N2C2CC2)cc1. The van der Waals surface area contributed by atoms with Crippen LogP contribution >= 0.6 is 11.8 Å². The Morgan fingerprint density at radius 2 is 2.03 bits per heavy atom. The lowest BCUT2D eigenvalue weighted by atomic mass is 10.2. The number of nitro groups is 1. The van der Waals surface area contributed by atoms with Crippen LogP contribution in [0.15, 0.2) is 53.5 Å². The van der Waals surface area contributed by atoms with E-state index in [9.17, 15) is 19.7 Å². The number of anilines is 1. The maximum atomic E-state index is 13.0. The van der Waals surface area contributed by atoms with Gasteiger partial charge in [-0.1, -0.05) is 17.8 Å². The first-order chi connectivity index (χ1) is 14.9. The minimum absolute atomic E-state index is 0.0446. The molecule has 4 rings (SSSR count). The predicted molar refractivity (Wildman–Crippen MR) is 118 cm³/mol. The van der Waals surface area contributed by atoms with Crippen molar-refractivity contribution in [2.45, 2.75) is 30.6 Å². The van der Waals surface area contributed by atoms with Gasteiger partial charge in [-0.05, 0) is 43.2 Å². The Morgan fingerprint density at radius 1 is 1.29 bits per heavy atom. The van der Waals surface area contributed by atoms with E-state index in [0.717, 1.165) is 12.8 Å². The highest BCUT2D eigenvalue weighted by atomic mass is 32.2. The molecule has 2 aromatic carbocycles. The minimum atomic E-state index is -0.587. The number of ether oxygens (including phenoxy) is 1. The Kier molecular flexibility index (Phi) is 5.90. The molecular formula is C21H20N4O5S. The lowest BCUT2D eigenvalue weighted by Crippen LogP contribution is -2.35. The summed E-state index contributed by atoms with van der Waals surface area (Å²) in [6.45, 7) is 0. The van der Waals surface area contributed by atoms with Gasteiger partial charge in [0.15, 0.2) is 5.17 Å². The molecule has 1 aliphatic carbocycles. The summed E-state index contributed by atoms with van der Waals surface area (Å²) in [5, 5.41) is 13.5. The number of carbonyl (C=O) groups is 2.